The van der Waals surface area contributed by atoms with E-state index in [9.17, 15) is 14.7 Å². The van der Waals surface area contributed by atoms with Crippen LogP contribution in [0.1, 0.15) is 92.6 Å². The number of oxime groups is 1. The van der Waals surface area contributed by atoms with Crippen molar-refractivity contribution >= 4 is 12.2 Å². The Hall–Kier alpha value is -3.19. The summed E-state index contributed by atoms with van der Waals surface area (Å²) in [5, 5.41) is 24.1. The minimum absolute atomic E-state index is 0.00815. The van der Waals surface area contributed by atoms with Crippen LogP contribution in [0.2, 0.25) is 0 Å². The normalized spacial score (nSPS) is 37.5. The molecule has 2 N–H and O–H groups in total. The number of carbonyl (C=O) groups excluding carboxylic acids is 1. The van der Waals surface area contributed by atoms with Gasteiger partial charge in [0.1, 0.15) is 6.10 Å². The van der Waals surface area contributed by atoms with Crippen LogP contribution in [0.4, 0.5) is 0 Å². The van der Waals surface area contributed by atoms with Crippen molar-refractivity contribution in [2.24, 2.45) is 27.8 Å². The zero-order valence-corrected chi connectivity index (χ0v) is 22.6. The summed E-state index contributed by atoms with van der Waals surface area (Å²) in [6.07, 6.45) is 12.0. The minimum atomic E-state index is -0.749. The van der Waals surface area contributed by atoms with Crippen LogP contribution >= 0.6 is 0 Å². The van der Waals surface area contributed by atoms with Crippen molar-refractivity contribution in [2.75, 3.05) is 0 Å². The molecule has 4 aliphatic rings. The molecule has 0 radical (unpaired) electrons. The molecule has 0 saturated heterocycles. The lowest BCUT2D eigenvalue weighted by Gasteiger charge is -2.61. The van der Waals surface area contributed by atoms with Crippen LogP contribution in [0.5, 0.6) is 0 Å². The Morgan fingerprint density at radius 3 is 2.54 bits per heavy atom. The van der Waals surface area contributed by atoms with E-state index < -0.39 is 5.60 Å². The number of nitrogens with zero attached hydrogens (tertiary/aromatic N) is 1. The lowest BCUT2D eigenvalue weighted by atomic mass is 9.45. The van der Waals surface area contributed by atoms with Crippen molar-refractivity contribution < 1.29 is 24.3 Å². The number of hydrogen-bond donors (Lipinski definition) is 2. The van der Waals surface area contributed by atoms with Gasteiger partial charge in [0, 0.05) is 11.5 Å². The highest BCUT2D eigenvalue weighted by molar-refractivity contribution is 5.91. The molecule has 0 aliphatic heterocycles. The first-order valence-corrected chi connectivity index (χ1v) is 14.2. The van der Waals surface area contributed by atoms with Gasteiger partial charge in [-0.15, -0.1) is 0 Å². The number of fused-ring (bicyclic) bond motifs is 5. The SMILES string of the molecule is C[C@]12CC[C@H](OC(=O)c3ccc(/C=N/O)cc3)C=C1CCC1C2CC[C@]2(C)[C@@H](c3ccc(=O)oc3)CC[C@]12O. The zero-order valence-electron chi connectivity index (χ0n) is 22.6. The van der Waals surface area contributed by atoms with Crippen LogP contribution in [0.15, 0.2) is 68.7 Å². The van der Waals surface area contributed by atoms with Crippen molar-refractivity contribution in [3.8, 4) is 0 Å². The van der Waals surface area contributed by atoms with E-state index in [1.165, 1.54) is 17.9 Å². The summed E-state index contributed by atoms with van der Waals surface area (Å²) in [5.41, 5.74) is 2.22. The Morgan fingerprint density at radius 2 is 1.82 bits per heavy atom. The fourth-order valence-electron chi connectivity index (χ4n) is 8.84. The Bertz CT molecular complexity index is 1360. The lowest BCUT2D eigenvalue weighted by molar-refractivity contribution is -0.178. The van der Waals surface area contributed by atoms with E-state index in [0.717, 1.165) is 56.9 Å². The van der Waals surface area contributed by atoms with E-state index in [0.29, 0.717) is 17.0 Å². The van der Waals surface area contributed by atoms with E-state index in [1.54, 1.807) is 30.5 Å². The van der Waals surface area contributed by atoms with Gasteiger partial charge >= 0.3 is 11.6 Å². The highest BCUT2D eigenvalue weighted by atomic mass is 16.5. The largest absolute Gasteiger partial charge is 0.455 e. The third kappa shape index (κ3) is 4.08. The molecule has 0 amide bonds. The minimum Gasteiger partial charge on any atom is -0.455 e. The molecule has 3 fully saturated rings. The van der Waals surface area contributed by atoms with Gasteiger partial charge in [-0.25, -0.2) is 9.59 Å². The molecule has 2 aromatic rings. The number of benzene rings is 1. The molecule has 0 spiro atoms. The second-order valence-electron chi connectivity index (χ2n) is 12.6. The smallest absolute Gasteiger partial charge is 0.338 e. The fourth-order valence-corrected chi connectivity index (χ4v) is 8.84. The predicted octanol–water partition coefficient (Wildman–Crippen LogP) is 5.83. The lowest BCUT2D eigenvalue weighted by Crippen LogP contribution is -2.60. The first-order valence-electron chi connectivity index (χ1n) is 14.2. The standard InChI is InChI=1S/C32H37NO6/c1-30-14-11-24(39-29(35)21-5-3-20(4-6-21)18-33-37)17-23(30)8-9-27-26(30)12-15-31(2)25(13-16-32(27,31)36)22-7-10-28(34)38-19-22/h3-7,10,17-19,24-27,36-37H,8-9,11-16H2,1-2H3/b33-18+/t24-,25+,26?,27?,30-,31+,32-/m0/s1. The Kier molecular flexibility index (Phi) is 6.33. The fraction of sp³-hybridized carbons (Fsp3) is 0.531. The maximum absolute atomic E-state index is 12.8. The molecule has 1 aromatic carbocycles. The van der Waals surface area contributed by atoms with Crippen molar-refractivity contribution in [1.29, 1.82) is 0 Å². The number of allylic oxidation sites excluding steroid dienone is 1. The predicted molar refractivity (Wildman–Crippen MR) is 146 cm³/mol. The van der Waals surface area contributed by atoms with E-state index in [2.05, 4.69) is 25.1 Å². The Labute approximate surface area is 228 Å². The average Bonchev–Trinajstić information content (AvgIpc) is 3.21. The van der Waals surface area contributed by atoms with Crippen molar-refractivity contribution in [2.45, 2.75) is 82.8 Å². The van der Waals surface area contributed by atoms with E-state index in [4.69, 9.17) is 14.4 Å². The van der Waals surface area contributed by atoms with Crippen molar-refractivity contribution in [3.63, 3.8) is 0 Å². The van der Waals surface area contributed by atoms with Crippen LogP contribution in [0.3, 0.4) is 0 Å². The molecule has 1 heterocycles. The number of ether oxygens (including phenoxy) is 1. The Morgan fingerprint density at radius 1 is 1.03 bits per heavy atom. The van der Waals surface area contributed by atoms with Gasteiger partial charge in [0.2, 0.25) is 0 Å². The molecular weight excluding hydrogens is 494 g/mol. The van der Waals surface area contributed by atoms with Gasteiger partial charge in [-0.2, -0.15) is 0 Å². The molecule has 7 atom stereocenters. The van der Waals surface area contributed by atoms with E-state index in [-0.39, 0.29) is 40.4 Å². The molecule has 0 bridgehead atoms. The van der Waals surface area contributed by atoms with Gasteiger partial charge in [0.05, 0.1) is 23.6 Å². The number of rotatable bonds is 4. The summed E-state index contributed by atoms with van der Waals surface area (Å²) in [4.78, 5) is 24.4. The van der Waals surface area contributed by atoms with Gasteiger partial charge in [-0.3, -0.25) is 0 Å². The van der Waals surface area contributed by atoms with Gasteiger partial charge in [0.15, 0.2) is 0 Å². The number of aliphatic hydroxyl groups is 1. The molecule has 2 unspecified atom stereocenters. The van der Waals surface area contributed by atoms with Crippen molar-refractivity contribution in [3.05, 3.63) is 81.4 Å². The van der Waals surface area contributed by atoms with Crippen LogP contribution in [-0.4, -0.2) is 34.2 Å². The third-order valence-corrected chi connectivity index (χ3v) is 11.0. The summed E-state index contributed by atoms with van der Waals surface area (Å²) < 4.78 is 11.1. The number of carbonyl (C=O) groups is 1. The molecule has 206 valence electrons. The van der Waals surface area contributed by atoms with Crippen LogP contribution in [-0.2, 0) is 4.74 Å². The van der Waals surface area contributed by atoms with Gasteiger partial charge in [0.25, 0.3) is 0 Å². The van der Waals surface area contributed by atoms with Crippen LogP contribution in [0.25, 0.3) is 0 Å². The maximum atomic E-state index is 12.8. The Balaban J connectivity index is 1.20. The molecule has 39 heavy (non-hydrogen) atoms. The maximum Gasteiger partial charge on any atom is 0.338 e. The first kappa shape index (κ1) is 26.1. The van der Waals surface area contributed by atoms with Crippen LogP contribution < -0.4 is 5.63 Å². The summed E-state index contributed by atoms with van der Waals surface area (Å²) in [6.45, 7) is 4.61. The van der Waals surface area contributed by atoms with Gasteiger partial charge < -0.3 is 19.5 Å². The second-order valence-corrected chi connectivity index (χ2v) is 12.6. The molecule has 7 nitrogen and oxygen atoms in total. The molecule has 1 aromatic heterocycles. The van der Waals surface area contributed by atoms with E-state index >= 15 is 0 Å². The topological polar surface area (TPSA) is 109 Å². The van der Waals surface area contributed by atoms with Crippen LogP contribution in [0, 0.1) is 22.7 Å². The first-order chi connectivity index (χ1) is 18.7. The summed E-state index contributed by atoms with van der Waals surface area (Å²) in [5.74, 6) is 0.440. The monoisotopic (exact) mass is 531 g/mol. The second kappa shape index (κ2) is 9.47. The van der Waals surface area contributed by atoms with Gasteiger partial charge in [-0.1, -0.05) is 36.7 Å². The quantitative estimate of drug-likeness (QED) is 0.169. The molecule has 4 aliphatic carbocycles. The van der Waals surface area contributed by atoms with Crippen molar-refractivity contribution in [1.82, 2.24) is 0 Å². The van der Waals surface area contributed by atoms with E-state index in [1.807, 2.05) is 6.07 Å². The summed E-state index contributed by atoms with van der Waals surface area (Å²) >= 11 is 0. The number of esters is 1. The highest BCUT2D eigenvalue weighted by Crippen LogP contribution is 2.70. The summed E-state index contributed by atoms with van der Waals surface area (Å²) in [6, 6.07) is 10.2. The molecule has 7 heteroatoms. The zero-order chi connectivity index (χ0) is 27.4. The average molecular weight is 532 g/mol. The molecule has 3 saturated carbocycles. The summed E-state index contributed by atoms with van der Waals surface area (Å²) in [7, 11) is 0. The molecular formula is C32H37NO6. The third-order valence-electron chi connectivity index (χ3n) is 11.0. The highest BCUT2D eigenvalue weighted by Gasteiger charge is 2.66. The molecule has 6 rings (SSSR count). The number of hydrogen-bond acceptors (Lipinski definition) is 7. The van der Waals surface area contributed by atoms with Gasteiger partial charge in [-0.05, 0) is 110 Å².